The van der Waals surface area contributed by atoms with Crippen LogP contribution in [0.4, 0.5) is 0 Å². The highest BCUT2D eigenvalue weighted by Gasteiger charge is 2.20. The van der Waals surface area contributed by atoms with Gasteiger partial charge in [0.1, 0.15) is 11.5 Å². The van der Waals surface area contributed by atoms with Crippen LogP contribution >= 0.6 is 0 Å². The number of phenols is 2. The lowest BCUT2D eigenvalue weighted by Gasteiger charge is -2.11. The molecular formula is C20H26O4S. The average Bonchev–Trinajstić information content (AvgIpc) is 2.60. The molecule has 0 aromatic heterocycles. The molecule has 0 bridgehead atoms. The van der Waals surface area contributed by atoms with Gasteiger partial charge in [0.25, 0.3) is 0 Å². The zero-order valence-electron chi connectivity index (χ0n) is 14.8. The van der Waals surface area contributed by atoms with Crippen LogP contribution in [0.25, 0.3) is 0 Å². The smallest absolute Gasteiger partial charge is 0.206 e. The molecule has 2 aromatic rings. The number of hydrogen-bond acceptors (Lipinski definition) is 4. The summed E-state index contributed by atoms with van der Waals surface area (Å²) in [5, 5.41) is 19.9. The topological polar surface area (TPSA) is 74.6 Å². The van der Waals surface area contributed by atoms with E-state index in [1.165, 1.54) is 24.3 Å². The van der Waals surface area contributed by atoms with Crippen molar-refractivity contribution in [3.8, 4) is 11.5 Å². The van der Waals surface area contributed by atoms with Crippen molar-refractivity contribution in [2.45, 2.75) is 62.2 Å². The van der Waals surface area contributed by atoms with Crippen molar-refractivity contribution in [2.24, 2.45) is 0 Å². The van der Waals surface area contributed by atoms with E-state index in [2.05, 4.69) is 0 Å². The number of aryl methyl sites for hydroxylation is 2. The van der Waals surface area contributed by atoms with Crippen molar-refractivity contribution in [3.05, 3.63) is 47.5 Å². The van der Waals surface area contributed by atoms with Crippen LogP contribution in [0, 0.1) is 0 Å². The summed E-state index contributed by atoms with van der Waals surface area (Å²) in [7, 11) is -3.69. The maximum Gasteiger partial charge on any atom is 0.206 e. The molecule has 0 saturated heterocycles. The van der Waals surface area contributed by atoms with E-state index >= 15 is 0 Å². The molecule has 5 heteroatoms. The molecule has 25 heavy (non-hydrogen) atoms. The third-order valence-corrected chi connectivity index (χ3v) is 6.07. The second kappa shape index (κ2) is 8.39. The van der Waals surface area contributed by atoms with Gasteiger partial charge in [-0.15, -0.1) is 0 Å². The Bertz CT molecular complexity index is 762. The number of phenolic OH excluding ortho intramolecular Hbond substituents is 2. The van der Waals surface area contributed by atoms with Crippen molar-refractivity contribution in [3.63, 3.8) is 0 Å². The van der Waals surface area contributed by atoms with E-state index in [4.69, 9.17) is 0 Å². The number of unbranched alkanes of at least 4 members (excludes halogenated alkanes) is 2. The molecule has 136 valence electrons. The summed E-state index contributed by atoms with van der Waals surface area (Å²) in [6.45, 7) is 4.10. The van der Waals surface area contributed by atoms with Crippen LogP contribution in [-0.2, 0) is 22.7 Å². The van der Waals surface area contributed by atoms with E-state index in [1.807, 2.05) is 13.8 Å². The van der Waals surface area contributed by atoms with Gasteiger partial charge in [-0.2, -0.15) is 0 Å². The van der Waals surface area contributed by atoms with Crippen molar-refractivity contribution in [2.75, 3.05) is 0 Å². The van der Waals surface area contributed by atoms with Gasteiger partial charge in [-0.3, -0.25) is 0 Å². The van der Waals surface area contributed by atoms with Gasteiger partial charge in [-0.05, 0) is 73.2 Å². The van der Waals surface area contributed by atoms with Crippen molar-refractivity contribution in [1.82, 2.24) is 0 Å². The summed E-state index contributed by atoms with van der Waals surface area (Å²) in [5.41, 5.74) is 1.29. The predicted molar refractivity (Wildman–Crippen MR) is 98.9 cm³/mol. The lowest BCUT2D eigenvalue weighted by molar-refractivity contribution is 0.466. The zero-order valence-corrected chi connectivity index (χ0v) is 15.6. The molecule has 0 spiro atoms. The van der Waals surface area contributed by atoms with Gasteiger partial charge in [0.15, 0.2) is 0 Å². The van der Waals surface area contributed by atoms with Gasteiger partial charge in [0, 0.05) is 0 Å². The fourth-order valence-corrected chi connectivity index (χ4v) is 4.09. The second-order valence-corrected chi connectivity index (χ2v) is 8.24. The van der Waals surface area contributed by atoms with Crippen LogP contribution < -0.4 is 0 Å². The standard InChI is InChI=1S/C20H26O4S/c1-3-5-7-15-13-17(9-11-19(15)21)25(23,24)18-10-12-20(22)16(14-18)8-6-4-2/h9-14,21-22H,3-8H2,1-2H3. The van der Waals surface area contributed by atoms with Crippen molar-refractivity contribution in [1.29, 1.82) is 0 Å². The molecule has 0 fully saturated rings. The fourth-order valence-electron chi connectivity index (χ4n) is 2.73. The first-order chi connectivity index (χ1) is 11.9. The number of hydrogen-bond donors (Lipinski definition) is 2. The minimum Gasteiger partial charge on any atom is -0.508 e. The maximum atomic E-state index is 12.9. The summed E-state index contributed by atoms with van der Waals surface area (Å²) in [5.74, 6) is 0.253. The molecule has 0 heterocycles. The summed E-state index contributed by atoms with van der Waals surface area (Å²) in [4.78, 5) is 0.340. The minimum atomic E-state index is -3.69. The number of aromatic hydroxyl groups is 2. The van der Waals surface area contributed by atoms with Gasteiger partial charge < -0.3 is 10.2 Å². The van der Waals surface area contributed by atoms with E-state index in [1.54, 1.807) is 12.1 Å². The molecule has 0 aliphatic heterocycles. The van der Waals surface area contributed by atoms with Crippen LogP contribution in [0.1, 0.15) is 50.7 Å². The largest absolute Gasteiger partial charge is 0.508 e. The van der Waals surface area contributed by atoms with Crippen LogP contribution in [0.3, 0.4) is 0 Å². The second-order valence-electron chi connectivity index (χ2n) is 6.29. The zero-order chi connectivity index (χ0) is 18.4. The first kappa shape index (κ1) is 19.3. The highest BCUT2D eigenvalue weighted by atomic mass is 32.2. The van der Waals surface area contributed by atoms with E-state index in [0.29, 0.717) is 24.0 Å². The van der Waals surface area contributed by atoms with Gasteiger partial charge in [-0.25, -0.2) is 8.42 Å². The van der Waals surface area contributed by atoms with Crippen LogP contribution in [0.2, 0.25) is 0 Å². The van der Waals surface area contributed by atoms with E-state index in [-0.39, 0.29) is 21.3 Å². The molecule has 0 aliphatic rings. The normalized spacial score (nSPS) is 11.6. The molecule has 2 aromatic carbocycles. The molecular weight excluding hydrogens is 336 g/mol. The van der Waals surface area contributed by atoms with Crippen LogP contribution in [-0.4, -0.2) is 18.6 Å². The highest BCUT2D eigenvalue weighted by Crippen LogP contribution is 2.30. The molecule has 2 N–H and O–H groups in total. The molecule has 0 unspecified atom stereocenters. The van der Waals surface area contributed by atoms with Gasteiger partial charge in [-0.1, -0.05) is 26.7 Å². The molecule has 0 saturated carbocycles. The summed E-state index contributed by atoms with van der Waals surface area (Å²) < 4.78 is 25.9. The van der Waals surface area contributed by atoms with Crippen molar-refractivity contribution < 1.29 is 18.6 Å². The molecule has 2 rings (SSSR count). The molecule has 0 radical (unpaired) electrons. The molecule has 0 atom stereocenters. The van der Waals surface area contributed by atoms with Crippen LogP contribution in [0.5, 0.6) is 11.5 Å². The first-order valence-corrected chi connectivity index (χ1v) is 10.3. The molecule has 0 aliphatic carbocycles. The van der Waals surface area contributed by atoms with Crippen molar-refractivity contribution >= 4 is 9.84 Å². The fraction of sp³-hybridized carbons (Fsp3) is 0.400. The number of sulfone groups is 1. The molecule has 0 amide bonds. The van der Waals surface area contributed by atoms with E-state index in [0.717, 1.165) is 25.7 Å². The highest BCUT2D eigenvalue weighted by molar-refractivity contribution is 7.91. The monoisotopic (exact) mass is 362 g/mol. The minimum absolute atomic E-state index is 0.127. The van der Waals surface area contributed by atoms with Crippen LogP contribution in [0.15, 0.2) is 46.2 Å². The summed E-state index contributed by atoms with van der Waals surface area (Å²) >= 11 is 0. The van der Waals surface area contributed by atoms with Gasteiger partial charge >= 0.3 is 0 Å². The lowest BCUT2D eigenvalue weighted by atomic mass is 10.1. The lowest BCUT2D eigenvalue weighted by Crippen LogP contribution is -2.04. The first-order valence-electron chi connectivity index (χ1n) is 8.79. The predicted octanol–water partition coefficient (Wildman–Crippen LogP) is 4.62. The quantitative estimate of drug-likeness (QED) is 0.719. The Balaban J connectivity index is 2.41. The summed E-state index contributed by atoms with van der Waals surface area (Å²) in [6.07, 6.45) is 4.99. The van der Waals surface area contributed by atoms with E-state index < -0.39 is 9.84 Å². The third-order valence-electron chi connectivity index (χ3n) is 4.32. The Morgan fingerprint density at radius 3 is 1.52 bits per heavy atom. The Morgan fingerprint density at radius 1 is 0.760 bits per heavy atom. The van der Waals surface area contributed by atoms with E-state index in [9.17, 15) is 18.6 Å². The van der Waals surface area contributed by atoms with Gasteiger partial charge in [0.05, 0.1) is 9.79 Å². The SMILES string of the molecule is CCCCc1cc(S(=O)(=O)c2ccc(O)c(CCCC)c2)ccc1O. The maximum absolute atomic E-state index is 12.9. The number of benzene rings is 2. The Morgan fingerprint density at radius 2 is 1.16 bits per heavy atom. The summed E-state index contributed by atoms with van der Waals surface area (Å²) in [6, 6.07) is 8.85. The Labute approximate surface area is 150 Å². The Hall–Kier alpha value is -2.01. The molecule has 4 nitrogen and oxygen atoms in total. The number of rotatable bonds is 8. The third kappa shape index (κ3) is 4.54. The average molecular weight is 362 g/mol. The van der Waals surface area contributed by atoms with Gasteiger partial charge in [0.2, 0.25) is 9.84 Å². The Kier molecular flexibility index (Phi) is 6.48.